The fourth-order valence-corrected chi connectivity index (χ4v) is 2.93. The van der Waals surface area contributed by atoms with E-state index in [4.69, 9.17) is 0 Å². The number of hydrogen-bond acceptors (Lipinski definition) is 3. The Labute approximate surface area is 148 Å². The van der Waals surface area contributed by atoms with E-state index in [1.54, 1.807) is 0 Å². The van der Waals surface area contributed by atoms with Crippen molar-refractivity contribution in [3.63, 3.8) is 0 Å². The van der Waals surface area contributed by atoms with Crippen LogP contribution in [0.25, 0.3) is 0 Å². The lowest BCUT2D eigenvalue weighted by Gasteiger charge is -2.34. The van der Waals surface area contributed by atoms with Crippen LogP contribution in [0.5, 0.6) is 0 Å². The van der Waals surface area contributed by atoms with Gasteiger partial charge in [-0.25, -0.2) is 0 Å². The van der Waals surface area contributed by atoms with E-state index in [1.807, 2.05) is 65.6 Å². The van der Waals surface area contributed by atoms with Crippen LogP contribution in [0.1, 0.15) is 15.9 Å². The van der Waals surface area contributed by atoms with Crippen molar-refractivity contribution in [1.82, 2.24) is 15.1 Å². The van der Waals surface area contributed by atoms with Crippen LogP contribution in [0.15, 0.2) is 60.7 Å². The van der Waals surface area contributed by atoms with E-state index >= 15 is 0 Å². The van der Waals surface area contributed by atoms with Gasteiger partial charge in [0, 0.05) is 38.3 Å². The number of piperazine rings is 1. The molecule has 1 aliphatic rings. The lowest BCUT2D eigenvalue weighted by atomic mass is 10.2. The summed E-state index contributed by atoms with van der Waals surface area (Å²) in [5.41, 5.74) is 1.81. The van der Waals surface area contributed by atoms with Gasteiger partial charge in [-0.1, -0.05) is 48.5 Å². The molecule has 1 N–H and O–H groups in total. The summed E-state index contributed by atoms with van der Waals surface area (Å²) in [5, 5.41) is 2.94. The molecule has 0 spiro atoms. The van der Waals surface area contributed by atoms with E-state index in [1.165, 1.54) is 0 Å². The van der Waals surface area contributed by atoms with Crippen molar-refractivity contribution >= 4 is 11.8 Å². The van der Waals surface area contributed by atoms with Gasteiger partial charge in [-0.05, 0) is 17.7 Å². The standard InChI is InChI=1S/C20H23N3O2/c24-19(21-15-17-7-3-1-4-8-17)16-22-11-13-23(14-12-22)20(25)18-9-5-2-6-10-18/h1-10H,11-16H2,(H,21,24). The maximum absolute atomic E-state index is 12.4. The van der Waals surface area contributed by atoms with Gasteiger partial charge >= 0.3 is 0 Å². The van der Waals surface area contributed by atoms with E-state index < -0.39 is 0 Å². The second-order valence-corrected chi connectivity index (χ2v) is 6.20. The maximum Gasteiger partial charge on any atom is 0.253 e. The van der Waals surface area contributed by atoms with Crippen molar-refractivity contribution in [3.8, 4) is 0 Å². The number of hydrogen-bond donors (Lipinski definition) is 1. The molecule has 5 heteroatoms. The highest BCUT2D eigenvalue weighted by Gasteiger charge is 2.23. The van der Waals surface area contributed by atoms with Gasteiger partial charge in [0.15, 0.2) is 0 Å². The molecule has 1 aliphatic heterocycles. The average molecular weight is 337 g/mol. The van der Waals surface area contributed by atoms with Gasteiger partial charge in [0.2, 0.25) is 5.91 Å². The van der Waals surface area contributed by atoms with Crippen molar-refractivity contribution in [2.45, 2.75) is 6.54 Å². The molecule has 1 saturated heterocycles. The van der Waals surface area contributed by atoms with Crippen LogP contribution >= 0.6 is 0 Å². The SMILES string of the molecule is O=C(CN1CCN(C(=O)c2ccccc2)CC1)NCc1ccccc1. The molecule has 3 rings (SSSR count). The lowest BCUT2D eigenvalue weighted by molar-refractivity contribution is -0.122. The number of nitrogens with zero attached hydrogens (tertiary/aromatic N) is 2. The van der Waals surface area contributed by atoms with Gasteiger partial charge in [0.05, 0.1) is 6.54 Å². The van der Waals surface area contributed by atoms with Crippen molar-refractivity contribution in [1.29, 1.82) is 0 Å². The highest BCUT2D eigenvalue weighted by Crippen LogP contribution is 2.08. The Hall–Kier alpha value is -2.66. The van der Waals surface area contributed by atoms with Crippen molar-refractivity contribution < 1.29 is 9.59 Å². The largest absolute Gasteiger partial charge is 0.351 e. The first-order chi connectivity index (χ1) is 12.2. The lowest BCUT2D eigenvalue weighted by Crippen LogP contribution is -2.51. The molecule has 1 fully saturated rings. The van der Waals surface area contributed by atoms with Crippen LogP contribution in [-0.4, -0.2) is 54.3 Å². The third-order valence-electron chi connectivity index (χ3n) is 4.38. The van der Waals surface area contributed by atoms with Gasteiger partial charge in [-0.3, -0.25) is 14.5 Å². The molecule has 2 aromatic rings. The summed E-state index contributed by atoms with van der Waals surface area (Å²) < 4.78 is 0. The minimum absolute atomic E-state index is 0.0201. The van der Waals surface area contributed by atoms with Crippen molar-refractivity contribution in [2.24, 2.45) is 0 Å². The monoisotopic (exact) mass is 337 g/mol. The quantitative estimate of drug-likeness (QED) is 0.905. The van der Waals surface area contributed by atoms with Crippen LogP contribution in [0.3, 0.4) is 0 Å². The van der Waals surface area contributed by atoms with E-state index in [2.05, 4.69) is 10.2 Å². The predicted octanol–water partition coefficient (Wildman–Crippen LogP) is 1.76. The summed E-state index contributed by atoms with van der Waals surface area (Å²) in [6, 6.07) is 19.2. The Kier molecular flexibility index (Phi) is 5.80. The number of nitrogens with one attached hydrogen (secondary N) is 1. The summed E-state index contributed by atoms with van der Waals surface area (Å²) in [6.07, 6.45) is 0. The minimum Gasteiger partial charge on any atom is -0.351 e. The Morgan fingerprint density at radius 3 is 2.08 bits per heavy atom. The molecule has 0 aromatic heterocycles. The Morgan fingerprint density at radius 1 is 0.840 bits per heavy atom. The molecule has 25 heavy (non-hydrogen) atoms. The second kappa shape index (κ2) is 8.44. The van der Waals surface area contributed by atoms with Crippen LogP contribution in [0.2, 0.25) is 0 Å². The first kappa shape index (κ1) is 17.2. The van der Waals surface area contributed by atoms with Gasteiger partial charge < -0.3 is 10.2 Å². The molecule has 2 aromatic carbocycles. The zero-order valence-corrected chi connectivity index (χ0v) is 14.2. The van der Waals surface area contributed by atoms with Crippen LogP contribution < -0.4 is 5.32 Å². The molecule has 0 unspecified atom stereocenters. The number of rotatable bonds is 5. The summed E-state index contributed by atoms with van der Waals surface area (Å²) in [5.74, 6) is 0.0838. The molecule has 1 heterocycles. The predicted molar refractivity (Wildman–Crippen MR) is 97.1 cm³/mol. The topological polar surface area (TPSA) is 52.7 Å². The Balaban J connectivity index is 1.41. The fourth-order valence-electron chi connectivity index (χ4n) is 2.93. The van der Waals surface area contributed by atoms with E-state index in [0.717, 1.165) is 24.2 Å². The molecule has 5 nitrogen and oxygen atoms in total. The fraction of sp³-hybridized carbons (Fsp3) is 0.300. The van der Waals surface area contributed by atoms with Crippen molar-refractivity contribution in [2.75, 3.05) is 32.7 Å². The molecule has 0 radical (unpaired) electrons. The van der Waals surface area contributed by atoms with Gasteiger partial charge in [-0.2, -0.15) is 0 Å². The number of amides is 2. The third kappa shape index (κ3) is 4.90. The smallest absolute Gasteiger partial charge is 0.253 e. The van der Waals surface area contributed by atoms with Crippen LogP contribution in [-0.2, 0) is 11.3 Å². The number of carbonyl (C=O) groups is 2. The molecule has 0 aliphatic carbocycles. The zero-order valence-electron chi connectivity index (χ0n) is 14.2. The molecule has 2 amide bonds. The highest BCUT2D eigenvalue weighted by atomic mass is 16.2. The summed E-state index contributed by atoms with van der Waals surface area (Å²) >= 11 is 0. The molecule has 0 saturated carbocycles. The highest BCUT2D eigenvalue weighted by molar-refractivity contribution is 5.94. The number of benzene rings is 2. The number of carbonyl (C=O) groups excluding carboxylic acids is 2. The van der Waals surface area contributed by atoms with Crippen LogP contribution in [0.4, 0.5) is 0 Å². The van der Waals surface area contributed by atoms with Crippen LogP contribution in [0, 0.1) is 0 Å². The van der Waals surface area contributed by atoms with Gasteiger partial charge in [0.25, 0.3) is 5.91 Å². The van der Waals surface area contributed by atoms with E-state index in [0.29, 0.717) is 26.2 Å². The Bertz CT molecular complexity index is 695. The molecule has 0 atom stereocenters. The third-order valence-corrected chi connectivity index (χ3v) is 4.38. The summed E-state index contributed by atoms with van der Waals surface area (Å²) in [6.45, 7) is 3.67. The first-order valence-electron chi connectivity index (χ1n) is 8.60. The van der Waals surface area contributed by atoms with E-state index in [9.17, 15) is 9.59 Å². The first-order valence-corrected chi connectivity index (χ1v) is 8.60. The summed E-state index contributed by atoms with van der Waals surface area (Å²) in [4.78, 5) is 28.5. The molecule has 130 valence electrons. The van der Waals surface area contributed by atoms with E-state index in [-0.39, 0.29) is 11.8 Å². The maximum atomic E-state index is 12.4. The molecular weight excluding hydrogens is 314 g/mol. The molecular formula is C20H23N3O2. The molecule has 0 bridgehead atoms. The average Bonchev–Trinajstić information content (AvgIpc) is 2.68. The minimum atomic E-state index is 0.0201. The van der Waals surface area contributed by atoms with Crippen molar-refractivity contribution in [3.05, 3.63) is 71.8 Å². The van der Waals surface area contributed by atoms with Gasteiger partial charge in [-0.15, -0.1) is 0 Å². The van der Waals surface area contributed by atoms with Gasteiger partial charge in [0.1, 0.15) is 0 Å². The zero-order chi connectivity index (χ0) is 17.5. The second-order valence-electron chi connectivity index (χ2n) is 6.20. The normalized spacial score (nSPS) is 15.0. The summed E-state index contributed by atoms with van der Waals surface area (Å²) in [7, 11) is 0. The Morgan fingerprint density at radius 2 is 1.44 bits per heavy atom.